The number of hydrogen-bond acceptors (Lipinski definition) is 2. The van der Waals surface area contributed by atoms with Crippen LogP contribution in [0, 0.1) is 0 Å². The van der Waals surface area contributed by atoms with Crippen molar-refractivity contribution in [3.63, 3.8) is 0 Å². The van der Waals surface area contributed by atoms with E-state index >= 15 is 0 Å². The van der Waals surface area contributed by atoms with Crippen LogP contribution in [-0.2, 0) is 0 Å². The number of fused-ring (bicyclic) bond motifs is 6. The fourth-order valence-corrected chi connectivity index (χ4v) is 8.54. The smallest absolute Gasteiger partial charge is 0.136 e. The third-order valence-electron chi connectivity index (χ3n) is 11.5. The monoisotopic (exact) mass is 739 g/mol. The first-order valence-corrected chi connectivity index (χ1v) is 19.8. The van der Waals surface area contributed by atoms with E-state index in [1.807, 2.05) is 0 Å². The SMILES string of the molecule is c1ccc(-c2ccc(N(c3ccc(-c4ccccc4)cc3)c3ccc(-c4cccc5oc6ccc7cc(-c8ccc9ccccc9c8)ccc7c6c45)cc3)cc2)cc1. The van der Waals surface area contributed by atoms with E-state index < -0.39 is 0 Å². The summed E-state index contributed by atoms with van der Waals surface area (Å²) < 4.78 is 6.54. The van der Waals surface area contributed by atoms with E-state index in [0.29, 0.717) is 0 Å². The standard InChI is InChI=1S/C56H37NO/c1-3-10-38(11-4-1)41-20-28-48(29-21-41)57(49-30-22-42(23-31-49)39-12-5-2-6-13-39)50-32-24-43(25-33-50)51-16-9-17-53-55(51)56-52-34-26-46(37-47(52)27-35-54(56)58-53)45-19-18-40-14-7-8-15-44(40)36-45/h1-37H. The molecule has 2 nitrogen and oxygen atoms in total. The predicted octanol–water partition coefficient (Wildman–Crippen LogP) is 16.0. The average Bonchev–Trinajstić information content (AvgIpc) is 3.70. The average molecular weight is 740 g/mol. The van der Waals surface area contributed by atoms with Gasteiger partial charge >= 0.3 is 0 Å². The van der Waals surface area contributed by atoms with Gasteiger partial charge in [-0.1, -0.05) is 164 Å². The van der Waals surface area contributed by atoms with E-state index in [1.165, 1.54) is 54.9 Å². The first kappa shape index (κ1) is 33.6. The fourth-order valence-electron chi connectivity index (χ4n) is 8.54. The summed E-state index contributed by atoms with van der Waals surface area (Å²) in [4.78, 5) is 2.34. The fraction of sp³-hybridized carbons (Fsp3) is 0. The summed E-state index contributed by atoms with van der Waals surface area (Å²) >= 11 is 0. The minimum Gasteiger partial charge on any atom is -0.456 e. The van der Waals surface area contributed by atoms with Gasteiger partial charge in [0.05, 0.1) is 0 Å². The van der Waals surface area contributed by atoms with E-state index in [2.05, 4.69) is 229 Å². The Morgan fingerprint density at radius 2 is 0.741 bits per heavy atom. The summed E-state index contributed by atoms with van der Waals surface area (Å²) in [6.45, 7) is 0. The van der Waals surface area contributed by atoms with Crippen LogP contribution < -0.4 is 4.90 Å². The van der Waals surface area contributed by atoms with Crippen molar-refractivity contribution in [2.24, 2.45) is 0 Å². The molecule has 0 spiro atoms. The zero-order valence-corrected chi connectivity index (χ0v) is 31.7. The highest BCUT2D eigenvalue weighted by Crippen LogP contribution is 2.43. The molecule has 1 aromatic heterocycles. The predicted molar refractivity (Wildman–Crippen MR) is 245 cm³/mol. The van der Waals surface area contributed by atoms with E-state index in [4.69, 9.17) is 4.42 Å². The molecule has 0 aliphatic heterocycles. The molecule has 10 aromatic carbocycles. The minimum absolute atomic E-state index is 0.890. The van der Waals surface area contributed by atoms with Crippen LogP contribution in [0.3, 0.4) is 0 Å². The first-order chi connectivity index (χ1) is 28.7. The molecule has 0 aliphatic rings. The van der Waals surface area contributed by atoms with Crippen molar-refractivity contribution >= 4 is 60.5 Å². The van der Waals surface area contributed by atoms with Crippen LogP contribution in [0.5, 0.6) is 0 Å². The molecular weight excluding hydrogens is 703 g/mol. The lowest BCUT2D eigenvalue weighted by molar-refractivity contribution is 0.669. The summed E-state index contributed by atoms with van der Waals surface area (Å²) in [5.74, 6) is 0. The van der Waals surface area contributed by atoms with Gasteiger partial charge in [0.25, 0.3) is 0 Å². The van der Waals surface area contributed by atoms with Crippen molar-refractivity contribution in [1.29, 1.82) is 0 Å². The van der Waals surface area contributed by atoms with Gasteiger partial charge in [-0.15, -0.1) is 0 Å². The van der Waals surface area contributed by atoms with E-state index in [-0.39, 0.29) is 0 Å². The van der Waals surface area contributed by atoms with Crippen LogP contribution in [0.1, 0.15) is 0 Å². The van der Waals surface area contributed by atoms with E-state index in [0.717, 1.165) is 50.1 Å². The van der Waals surface area contributed by atoms with Gasteiger partial charge < -0.3 is 9.32 Å². The quantitative estimate of drug-likeness (QED) is 0.162. The topological polar surface area (TPSA) is 16.4 Å². The van der Waals surface area contributed by atoms with Gasteiger partial charge in [-0.2, -0.15) is 0 Å². The Morgan fingerprint density at radius 1 is 0.276 bits per heavy atom. The van der Waals surface area contributed by atoms with Crippen molar-refractivity contribution in [2.45, 2.75) is 0 Å². The molecule has 0 N–H and O–H groups in total. The molecule has 2 heteroatoms. The molecule has 0 bridgehead atoms. The second kappa shape index (κ2) is 14.1. The molecule has 0 saturated carbocycles. The molecule has 11 aromatic rings. The third-order valence-corrected chi connectivity index (χ3v) is 11.5. The number of anilines is 3. The number of furan rings is 1. The Morgan fingerprint density at radius 3 is 1.36 bits per heavy atom. The zero-order valence-electron chi connectivity index (χ0n) is 31.7. The Hall–Kier alpha value is -7.68. The highest BCUT2D eigenvalue weighted by atomic mass is 16.3. The van der Waals surface area contributed by atoms with Gasteiger partial charge in [0.15, 0.2) is 0 Å². The van der Waals surface area contributed by atoms with Crippen LogP contribution in [-0.4, -0.2) is 0 Å². The van der Waals surface area contributed by atoms with Crippen LogP contribution in [0.4, 0.5) is 17.1 Å². The van der Waals surface area contributed by atoms with Gasteiger partial charge in [-0.25, -0.2) is 0 Å². The largest absolute Gasteiger partial charge is 0.456 e. The first-order valence-electron chi connectivity index (χ1n) is 19.8. The molecule has 0 saturated heterocycles. The second-order valence-corrected chi connectivity index (χ2v) is 14.9. The molecule has 0 radical (unpaired) electrons. The van der Waals surface area contributed by atoms with Crippen LogP contribution in [0.25, 0.3) is 88.0 Å². The zero-order chi connectivity index (χ0) is 38.4. The molecule has 0 fully saturated rings. The Labute approximate surface area is 337 Å². The molecule has 0 amide bonds. The normalized spacial score (nSPS) is 11.4. The summed E-state index contributed by atoms with van der Waals surface area (Å²) in [5, 5.41) is 7.17. The lowest BCUT2D eigenvalue weighted by Gasteiger charge is -2.26. The number of hydrogen-bond donors (Lipinski definition) is 0. The van der Waals surface area contributed by atoms with E-state index in [1.54, 1.807) is 0 Å². The number of rotatable bonds is 7. The molecule has 272 valence electrons. The second-order valence-electron chi connectivity index (χ2n) is 14.9. The van der Waals surface area contributed by atoms with Crippen molar-refractivity contribution in [2.75, 3.05) is 4.90 Å². The summed E-state index contributed by atoms with van der Waals surface area (Å²) in [6, 6.07) is 80.6. The van der Waals surface area contributed by atoms with Crippen LogP contribution in [0.15, 0.2) is 229 Å². The Balaban J connectivity index is 0.990. The van der Waals surface area contributed by atoms with Gasteiger partial charge in [0, 0.05) is 27.8 Å². The Bertz CT molecular complexity index is 3150. The van der Waals surface area contributed by atoms with Crippen molar-refractivity contribution in [1.82, 2.24) is 0 Å². The van der Waals surface area contributed by atoms with Crippen molar-refractivity contribution in [3.05, 3.63) is 224 Å². The van der Waals surface area contributed by atoms with Gasteiger partial charge in [-0.3, -0.25) is 0 Å². The molecule has 0 unspecified atom stereocenters. The van der Waals surface area contributed by atoms with Gasteiger partial charge in [0.2, 0.25) is 0 Å². The minimum atomic E-state index is 0.890. The molecule has 11 rings (SSSR count). The Kier molecular flexibility index (Phi) is 8.19. The molecule has 1 heterocycles. The molecular formula is C56H37NO. The van der Waals surface area contributed by atoms with Crippen molar-refractivity contribution < 1.29 is 4.42 Å². The van der Waals surface area contributed by atoms with E-state index in [9.17, 15) is 0 Å². The molecule has 58 heavy (non-hydrogen) atoms. The number of benzene rings is 10. The van der Waals surface area contributed by atoms with Crippen molar-refractivity contribution in [3.8, 4) is 44.5 Å². The summed E-state index contributed by atoms with van der Waals surface area (Å²) in [6.07, 6.45) is 0. The maximum atomic E-state index is 6.54. The summed E-state index contributed by atoms with van der Waals surface area (Å²) in [7, 11) is 0. The lowest BCUT2D eigenvalue weighted by atomic mass is 9.94. The van der Waals surface area contributed by atoms with Gasteiger partial charge in [-0.05, 0) is 127 Å². The maximum Gasteiger partial charge on any atom is 0.136 e. The third kappa shape index (κ3) is 6.00. The van der Waals surface area contributed by atoms with Crippen LogP contribution in [0.2, 0.25) is 0 Å². The molecule has 0 aliphatic carbocycles. The maximum absolute atomic E-state index is 6.54. The van der Waals surface area contributed by atoms with Crippen LogP contribution >= 0.6 is 0 Å². The highest BCUT2D eigenvalue weighted by Gasteiger charge is 2.18. The summed E-state index contributed by atoms with van der Waals surface area (Å²) in [5.41, 5.74) is 14.6. The van der Waals surface area contributed by atoms with Gasteiger partial charge in [0.1, 0.15) is 11.2 Å². The number of nitrogens with zero attached hydrogens (tertiary/aromatic N) is 1. The highest BCUT2D eigenvalue weighted by molar-refractivity contribution is 6.23. The molecule has 0 atom stereocenters. The lowest BCUT2D eigenvalue weighted by Crippen LogP contribution is -2.09.